The molecule has 0 bridgehead atoms. The Labute approximate surface area is 270 Å². The fourth-order valence-corrected chi connectivity index (χ4v) is 7.07. The van der Waals surface area contributed by atoms with Crippen LogP contribution in [-0.4, -0.2) is 15.0 Å². The highest BCUT2D eigenvalue weighted by Crippen LogP contribution is 2.54. The second-order valence-corrected chi connectivity index (χ2v) is 13.3. The number of benzene rings is 6. The van der Waals surface area contributed by atoms with Gasteiger partial charge in [-0.3, -0.25) is 0 Å². The van der Waals surface area contributed by atoms with Gasteiger partial charge in [-0.05, 0) is 67.1 Å². The first kappa shape index (κ1) is 28.1. The van der Waals surface area contributed by atoms with E-state index in [1.54, 1.807) is 0 Å². The standard InChI is InChI=1S/C43H35N3/c1-42(2)37-22-14-13-21-34(37)35-24-23-30(27-38(35)43(42,3)4)31-25-26-36(33-20-12-11-19-32(31)33)41-45-39(28-15-7-5-8-16-28)44-40(46-41)29-17-9-6-10-18-29/h5-27H,1-4H3. The molecule has 222 valence electrons. The highest BCUT2D eigenvalue weighted by Gasteiger charge is 2.45. The highest BCUT2D eigenvalue weighted by atomic mass is 15.0. The lowest BCUT2D eigenvalue weighted by Crippen LogP contribution is -2.43. The second kappa shape index (κ2) is 10.6. The van der Waals surface area contributed by atoms with Crippen LogP contribution in [0.5, 0.6) is 0 Å². The minimum atomic E-state index is -0.0605. The molecule has 3 nitrogen and oxygen atoms in total. The zero-order valence-corrected chi connectivity index (χ0v) is 26.6. The Balaban J connectivity index is 1.31. The van der Waals surface area contributed by atoms with E-state index >= 15 is 0 Å². The van der Waals surface area contributed by atoms with E-state index in [-0.39, 0.29) is 10.8 Å². The van der Waals surface area contributed by atoms with Crippen LogP contribution in [0.3, 0.4) is 0 Å². The third-order valence-corrected chi connectivity index (χ3v) is 10.3. The van der Waals surface area contributed by atoms with E-state index in [0.717, 1.165) is 22.1 Å². The van der Waals surface area contributed by atoms with Crippen LogP contribution in [0.15, 0.2) is 140 Å². The minimum Gasteiger partial charge on any atom is -0.208 e. The fraction of sp³-hybridized carbons (Fsp3) is 0.140. The molecule has 46 heavy (non-hydrogen) atoms. The molecular formula is C43H35N3. The quantitative estimate of drug-likeness (QED) is 0.204. The maximum atomic E-state index is 5.04. The summed E-state index contributed by atoms with van der Waals surface area (Å²) in [6, 6.07) is 49.3. The third-order valence-electron chi connectivity index (χ3n) is 10.3. The molecule has 0 radical (unpaired) electrons. The van der Waals surface area contributed by atoms with Crippen LogP contribution in [0.25, 0.3) is 67.2 Å². The van der Waals surface area contributed by atoms with Crippen molar-refractivity contribution in [2.24, 2.45) is 0 Å². The largest absolute Gasteiger partial charge is 0.208 e. The molecule has 0 atom stereocenters. The van der Waals surface area contributed by atoms with Crippen molar-refractivity contribution in [1.29, 1.82) is 0 Å². The van der Waals surface area contributed by atoms with Gasteiger partial charge in [0.1, 0.15) is 0 Å². The van der Waals surface area contributed by atoms with E-state index in [1.807, 2.05) is 60.7 Å². The van der Waals surface area contributed by atoms with E-state index < -0.39 is 0 Å². The maximum absolute atomic E-state index is 5.04. The summed E-state index contributed by atoms with van der Waals surface area (Å²) >= 11 is 0. The summed E-state index contributed by atoms with van der Waals surface area (Å²) in [6.45, 7) is 9.55. The topological polar surface area (TPSA) is 38.7 Å². The van der Waals surface area contributed by atoms with Crippen LogP contribution in [0, 0.1) is 0 Å². The van der Waals surface area contributed by atoms with Gasteiger partial charge in [0.2, 0.25) is 0 Å². The summed E-state index contributed by atoms with van der Waals surface area (Å²) in [6.07, 6.45) is 0. The molecule has 0 unspecified atom stereocenters. The summed E-state index contributed by atoms with van der Waals surface area (Å²) in [5.74, 6) is 2.00. The molecule has 0 amide bonds. The third kappa shape index (κ3) is 4.38. The Kier molecular flexibility index (Phi) is 6.47. The summed E-state index contributed by atoms with van der Waals surface area (Å²) < 4.78 is 0. The first-order valence-corrected chi connectivity index (χ1v) is 16.0. The zero-order valence-electron chi connectivity index (χ0n) is 26.6. The number of rotatable bonds is 4. The zero-order chi connectivity index (χ0) is 31.5. The van der Waals surface area contributed by atoms with Gasteiger partial charge in [-0.2, -0.15) is 0 Å². The Morgan fingerprint density at radius 2 is 0.804 bits per heavy atom. The number of aromatic nitrogens is 3. The number of nitrogens with zero attached hydrogens (tertiary/aromatic N) is 3. The fourth-order valence-electron chi connectivity index (χ4n) is 7.07. The van der Waals surface area contributed by atoms with Crippen molar-refractivity contribution in [3.63, 3.8) is 0 Å². The Morgan fingerprint density at radius 3 is 1.46 bits per heavy atom. The average molecular weight is 594 g/mol. The van der Waals surface area contributed by atoms with Crippen LogP contribution in [0.1, 0.15) is 38.8 Å². The van der Waals surface area contributed by atoms with Gasteiger partial charge < -0.3 is 0 Å². The lowest BCUT2D eigenvalue weighted by molar-refractivity contribution is 0.299. The average Bonchev–Trinajstić information content (AvgIpc) is 3.11. The molecule has 1 aliphatic carbocycles. The monoisotopic (exact) mass is 593 g/mol. The van der Waals surface area contributed by atoms with Crippen LogP contribution >= 0.6 is 0 Å². The van der Waals surface area contributed by atoms with Gasteiger partial charge in [0.25, 0.3) is 0 Å². The summed E-state index contributed by atoms with van der Waals surface area (Å²) in [7, 11) is 0. The summed E-state index contributed by atoms with van der Waals surface area (Å²) in [4.78, 5) is 15.0. The number of fused-ring (bicyclic) bond motifs is 4. The normalized spacial score (nSPS) is 14.4. The van der Waals surface area contributed by atoms with Crippen LogP contribution in [0.2, 0.25) is 0 Å². The molecule has 0 spiro atoms. The van der Waals surface area contributed by atoms with Gasteiger partial charge in [0.15, 0.2) is 17.5 Å². The number of hydrogen-bond donors (Lipinski definition) is 0. The summed E-state index contributed by atoms with van der Waals surface area (Å²) in [5, 5.41) is 2.29. The van der Waals surface area contributed by atoms with Gasteiger partial charge >= 0.3 is 0 Å². The molecule has 1 heterocycles. The van der Waals surface area contributed by atoms with E-state index in [0.29, 0.717) is 17.5 Å². The molecule has 6 aromatic carbocycles. The molecule has 0 fully saturated rings. The lowest BCUT2D eigenvalue weighted by Gasteiger charge is -2.48. The SMILES string of the molecule is CC1(C)c2ccccc2-c2ccc(-c3ccc(-c4nc(-c5ccccc5)nc(-c5ccccc5)n4)c4ccccc34)cc2C1(C)C. The van der Waals surface area contributed by atoms with Gasteiger partial charge in [0, 0.05) is 16.7 Å². The summed E-state index contributed by atoms with van der Waals surface area (Å²) in [5.41, 5.74) is 10.7. The van der Waals surface area contributed by atoms with Crippen molar-refractivity contribution in [2.45, 2.75) is 38.5 Å². The van der Waals surface area contributed by atoms with Crippen molar-refractivity contribution in [3.8, 4) is 56.4 Å². The highest BCUT2D eigenvalue weighted by molar-refractivity contribution is 6.04. The molecule has 8 rings (SSSR count). The Hall–Kier alpha value is -5.41. The van der Waals surface area contributed by atoms with Crippen molar-refractivity contribution in [2.75, 3.05) is 0 Å². The Morgan fingerprint density at radius 1 is 0.348 bits per heavy atom. The molecule has 0 saturated carbocycles. The molecule has 7 aromatic rings. The van der Waals surface area contributed by atoms with Crippen molar-refractivity contribution < 1.29 is 0 Å². The molecular weight excluding hydrogens is 558 g/mol. The van der Waals surface area contributed by atoms with Gasteiger partial charge in [0.05, 0.1) is 0 Å². The predicted octanol–water partition coefficient (Wildman–Crippen LogP) is 10.9. The van der Waals surface area contributed by atoms with E-state index in [2.05, 4.69) is 107 Å². The van der Waals surface area contributed by atoms with Crippen LogP contribution in [0.4, 0.5) is 0 Å². The van der Waals surface area contributed by atoms with Crippen molar-refractivity contribution in [1.82, 2.24) is 15.0 Å². The van der Waals surface area contributed by atoms with Crippen LogP contribution < -0.4 is 0 Å². The predicted molar refractivity (Wildman–Crippen MR) is 191 cm³/mol. The molecule has 0 saturated heterocycles. The van der Waals surface area contributed by atoms with E-state index in [1.165, 1.54) is 38.8 Å². The minimum absolute atomic E-state index is 0.0211. The van der Waals surface area contributed by atoms with Crippen molar-refractivity contribution in [3.05, 3.63) is 151 Å². The van der Waals surface area contributed by atoms with Gasteiger partial charge in [-0.15, -0.1) is 0 Å². The molecule has 0 N–H and O–H groups in total. The van der Waals surface area contributed by atoms with Crippen molar-refractivity contribution >= 4 is 10.8 Å². The molecule has 1 aromatic heterocycles. The van der Waals surface area contributed by atoms with Crippen LogP contribution in [-0.2, 0) is 10.8 Å². The van der Waals surface area contributed by atoms with Gasteiger partial charge in [-0.25, -0.2) is 15.0 Å². The lowest BCUT2D eigenvalue weighted by atomic mass is 9.55. The molecule has 0 aliphatic heterocycles. The second-order valence-electron chi connectivity index (χ2n) is 13.3. The van der Waals surface area contributed by atoms with Gasteiger partial charge in [-0.1, -0.05) is 155 Å². The molecule has 1 aliphatic rings. The smallest absolute Gasteiger partial charge is 0.164 e. The number of hydrogen-bond acceptors (Lipinski definition) is 3. The first-order chi connectivity index (χ1) is 22.3. The maximum Gasteiger partial charge on any atom is 0.164 e. The van der Waals surface area contributed by atoms with E-state index in [4.69, 9.17) is 15.0 Å². The molecule has 3 heteroatoms. The Bertz CT molecular complexity index is 2190. The first-order valence-electron chi connectivity index (χ1n) is 16.0. The van der Waals surface area contributed by atoms with E-state index in [9.17, 15) is 0 Å².